The topological polar surface area (TPSA) is 68.3 Å². The molecule has 0 saturated heterocycles. The normalized spacial score (nSPS) is 10.0. The molecule has 5 nitrogen and oxygen atoms in total. The highest BCUT2D eigenvalue weighted by Gasteiger charge is 2.17. The molecule has 1 aromatic carbocycles. The maximum absolute atomic E-state index is 12.2. The van der Waals surface area contributed by atoms with E-state index in [4.69, 9.17) is 4.74 Å². The summed E-state index contributed by atoms with van der Waals surface area (Å²) in [4.78, 5) is 28.0. The number of carbonyl (C=O) groups is 2. The second kappa shape index (κ2) is 6.49. The molecule has 1 aromatic heterocycles. The number of ether oxygens (including phenoxy) is 1. The third kappa shape index (κ3) is 3.46. The van der Waals surface area contributed by atoms with E-state index in [0.29, 0.717) is 15.7 Å². The van der Waals surface area contributed by atoms with Crippen molar-refractivity contribution in [2.45, 2.75) is 6.92 Å². The van der Waals surface area contributed by atoms with Crippen LogP contribution in [0.2, 0.25) is 0 Å². The highest BCUT2D eigenvalue weighted by molar-refractivity contribution is 9.10. The standard InChI is InChI=1S/C15H13BrN2O3/c1-9-5-6-12(10(8-9)15(20)21-2)18-14(19)13-11(16)4-3-7-17-13/h3-8H,1-2H3,(H,18,19). The van der Waals surface area contributed by atoms with Crippen LogP contribution in [0.4, 0.5) is 5.69 Å². The summed E-state index contributed by atoms with van der Waals surface area (Å²) in [5, 5.41) is 2.68. The van der Waals surface area contributed by atoms with Crippen LogP contribution in [0.3, 0.4) is 0 Å². The molecule has 0 aliphatic carbocycles. The van der Waals surface area contributed by atoms with Gasteiger partial charge in [-0.15, -0.1) is 0 Å². The van der Waals surface area contributed by atoms with Crippen molar-refractivity contribution in [2.24, 2.45) is 0 Å². The Morgan fingerprint density at radius 2 is 2.05 bits per heavy atom. The molecular weight excluding hydrogens is 336 g/mol. The molecule has 108 valence electrons. The van der Waals surface area contributed by atoms with Crippen molar-refractivity contribution in [1.82, 2.24) is 4.98 Å². The van der Waals surface area contributed by atoms with Crippen LogP contribution in [0, 0.1) is 6.92 Å². The second-order valence-corrected chi connectivity index (χ2v) is 5.18. The molecule has 2 aromatic rings. The second-order valence-electron chi connectivity index (χ2n) is 4.33. The molecule has 6 heteroatoms. The predicted molar refractivity (Wildman–Crippen MR) is 82.4 cm³/mol. The fourth-order valence-electron chi connectivity index (χ4n) is 1.78. The van der Waals surface area contributed by atoms with Crippen molar-refractivity contribution < 1.29 is 14.3 Å². The molecule has 0 atom stereocenters. The van der Waals surface area contributed by atoms with Gasteiger partial charge in [0.1, 0.15) is 5.69 Å². The molecule has 0 saturated carbocycles. The number of anilines is 1. The number of amides is 1. The quantitative estimate of drug-likeness (QED) is 0.865. The van der Waals surface area contributed by atoms with Crippen molar-refractivity contribution in [3.05, 3.63) is 57.8 Å². The first-order valence-electron chi connectivity index (χ1n) is 6.13. The molecule has 0 radical (unpaired) electrons. The van der Waals surface area contributed by atoms with Crippen molar-refractivity contribution >= 4 is 33.5 Å². The lowest BCUT2D eigenvalue weighted by molar-refractivity contribution is 0.0602. The maximum Gasteiger partial charge on any atom is 0.339 e. The lowest BCUT2D eigenvalue weighted by Gasteiger charge is -2.11. The van der Waals surface area contributed by atoms with Crippen molar-refractivity contribution in [1.29, 1.82) is 0 Å². The number of benzene rings is 1. The highest BCUT2D eigenvalue weighted by atomic mass is 79.9. The number of methoxy groups -OCH3 is 1. The number of hydrogen-bond donors (Lipinski definition) is 1. The number of nitrogens with one attached hydrogen (secondary N) is 1. The highest BCUT2D eigenvalue weighted by Crippen LogP contribution is 2.21. The number of carbonyl (C=O) groups excluding carboxylic acids is 2. The first-order valence-corrected chi connectivity index (χ1v) is 6.93. The van der Waals surface area contributed by atoms with E-state index >= 15 is 0 Å². The molecule has 0 spiro atoms. The van der Waals surface area contributed by atoms with Gasteiger partial charge in [0, 0.05) is 10.7 Å². The van der Waals surface area contributed by atoms with Crippen LogP contribution < -0.4 is 5.32 Å². The summed E-state index contributed by atoms with van der Waals surface area (Å²) >= 11 is 3.27. The van der Waals surface area contributed by atoms with Crippen LogP contribution in [-0.4, -0.2) is 24.0 Å². The maximum atomic E-state index is 12.2. The van der Waals surface area contributed by atoms with Gasteiger partial charge in [-0.3, -0.25) is 4.79 Å². The van der Waals surface area contributed by atoms with Crippen LogP contribution in [0.15, 0.2) is 41.0 Å². The number of rotatable bonds is 3. The lowest BCUT2D eigenvalue weighted by atomic mass is 10.1. The Morgan fingerprint density at radius 1 is 1.29 bits per heavy atom. The van der Waals surface area contributed by atoms with Crippen molar-refractivity contribution in [3.8, 4) is 0 Å². The van der Waals surface area contributed by atoms with E-state index in [9.17, 15) is 9.59 Å². The van der Waals surface area contributed by atoms with E-state index in [0.717, 1.165) is 5.56 Å². The molecule has 0 aliphatic heterocycles. The number of pyridine rings is 1. The zero-order chi connectivity index (χ0) is 15.4. The SMILES string of the molecule is COC(=O)c1cc(C)ccc1NC(=O)c1ncccc1Br. The Balaban J connectivity index is 2.34. The minimum atomic E-state index is -0.505. The third-order valence-electron chi connectivity index (χ3n) is 2.80. The Labute approximate surface area is 130 Å². The molecule has 1 N–H and O–H groups in total. The summed E-state index contributed by atoms with van der Waals surface area (Å²) < 4.78 is 5.31. The largest absolute Gasteiger partial charge is 0.465 e. The summed E-state index contributed by atoms with van der Waals surface area (Å²) in [6.45, 7) is 1.85. The molecule has 1 amide bonds. The lowest BCUT2D eigenvalue weighted by Crippen LogP contribution is -2.17. The summed E-state index contributed by atoms with van der Waals surface area (Å²) in [6.07, 6.45) is 1.52. The van der Waals surface area contributed by atoms with E-state index in [1.807, 2.05) is 6.92 Å². The number of nitrogens with zero attached hydrogens (tertiary/aromatic N) is 1. The zero-order valence-electron chi connectivity index (χ0n) is 11.5. The monoisotopic (exact) mass is 348 g/mol. The van der Waals surface area contributed by atoms with Crippen LogP contribution in [0.1, 0.15) is 26.4 Å². The first-order chi connectivity index (χ1) is 10.0. The van der Waals surface area contributed by atoms with E-state index in [2.05, 4.69) is 26.2 Å². The summed E-state index contributed by atoms with van der Waals surface area (Å²) in [5.41, 5.74) is 1.83. The number of aryl methyl sites for hydroxylation is 1. The minimum absolute atomic E-state index is 0.244. The molecule has 0 fully saturated rings. The average molecular weight is 349 g/mol. The van der Waals surface area contributed by atoms with E-state index in [-0.39, 0.29) is 5.69 Å². The molecular formula is C15H13BrN2O3. The fraction of sp³-hybridized carbons (Fsp3) is 0.133. The Bertz CT molecular complexity index is 701. The molecule has 1 heterocycles. The first kappa shape index (κ1) is 15.2. The van der Waals surface area contributed by atoms with Gasteiger partial charge in [0.25, 0.3) is 5.91 Å². The molecule has 21 heavy (non-hydrogen) atoms. The summed E-state index contributed by atoms with van der Waals surface area (Å²) in [7, 11) is 1.30. The van der Waals surface area contributed by atoms with Gasteiger partial charge in [0.05, 0.1) is 18.4 Å². The smallest absolute Gasteiger partial charge is 0.339 e. The van der Waals surface area contributed by atoms with Gasteiger partial charge in [-0.1, -0.05) is 11.6 Å². The summed E-state index contributed by atoms with van der Waals surface area (Å²) in [5.74, 6) is -0.912. The van der Waals surface area contributed by atoms with Gasteiger partial charge in [0.2, 0.25) is 0 Å². The minimum Gasteiger partial charge on any atom is -0.465 e. The van der Waals surface area contributed by atoms with Crippen molar-refractivity contribution in [3.63, 3.8) is 0 Å². The zero-order valence-corrected chi connectivity index (χ0v) is 13.1. The Kier molecular flexibility index (Phi) is 4.70. The van der Waals surface area contributed by atoms with Crippen LogP contribution >= 0.6 is 15.9 Å². The van der Waals surface area contributed by atoms with Gasteiger partial charge in [-0.05, 0) is 47.1 Å². The number of esters is 1. The third-order valence-corrected chi connectivity index (χ3v) is 3.44. The summed E-state index contributed by atoms with van der Waals surface area (Å²) in [6, 6.07) is 8.56. The molecule has 0 unspecified atom stereocenters. The van der Waals surface area contributed by atoms with Gasteiger partial charge < -0.3 is 10.1 Å². The van der Waals surface area contributed by atoms with Gasteiger partial charge >= 0.3 is 5.97 Å². The molecule has 0 aliphatic rings. The van der Waals surface area contributed by atoms with Crippen LogP contribution in [-0.2, 0) is 4.74 Å². The van der Waals surface area contributed by atoms with Crippen LogP contribution in [0.5, 0.6) is 0 Å². The van der Waals surface area contributed by atoms with Gasteiger partial charge in [-0.2, -0.15) is 0 Å². The van der Waals surface area contributed by atoms with Gasteiger partial charge in [-0.25, -0.2) is 9.78 Å². The number of aromatic nitrogens is 1. The predicted octanol–water partition coefficient (Wildman–Crippen LogP) is 3.19. The van der Waals surface area contributed by atoms with Crippen LogP contribution in [0.25, 0.3) is 0 Å². The van der Waals surface area contributed by atoms with E-state index in [1.165, 1.54) is 13.3 Å². The Hall–Kier alpha value is -2.21. The molecule has 0 bridgehead atoms. The number of hydrogen-bond acceptors (Lipinski definition) is 4. The molecule has 2 rings (SSSR count). The fourth-order valence-corrected chi connectivity index (χ4v) is 2.22. The van der Waals surface area contributed by atoms with Gasteiger partial charge in [0.15, 0.2) is 0 Å². The Morgan fingerprint density at radius 3 is 2.71 bits per heavy atom. The average Bonchev–Trinajstić information content (AvgIpc) is 2.48. The number of halogens is 1. The van der Waals surface area contributed by atoms with E-state index in [1.54, 1.807) is 30.3 Å². The van der Waals surface area contributed by atoms with Crippen molar-refractivity contribution in [2.75, 3.05) is 12.4 Å². The van der Waals surface area contributed by atoms with E-state index < -0.39 is 11.9 Å².